The van der Waals surface area contributed by atoms with Gasteiger partial charge in [-0.1, -0.05) is 39.8 Å². The van der Waals surface area contributed by atoms with Gasteiger partial charge in [0.1, 0.15) is 16.5 Å². The Hall–Kier alpha value is -2.05. The highest BCUT2D eigenvalue weighted by Crippen LogP contribution is 2.32. The minimum Gasteiger partial charge on any atom is -0.497 e. The quantitative estimate of drug-likeness (QED) is 0.515. The molecule has 0 spiro atoms. The van der Waals surface area contributed by atoms with Gasteiger partial charge in [-0.25, -0.2) is 0 Å². The van der Waals surface area contributed by atoms with Gasteiger partial charge in [0.05, 0.1) is 19.9 Å². The summed E-state index contributed by atoms with van der Waals surface area (Å²) in [5.74, 6) is 2.31. The second-order valence-corrected chi connectivity index (χ2v) is 7.15. The molecule has 0 aliphatic rings. The Balaban J connectivity index is 1.72. The van der Waals surface area contributed by atoms with Gasteiger partial charge in [-0.2, -0.15) is 0 Å². The number of nitrogens with zero attached hydrogens (tertiary/aromatic N) is 2. The maximum absolute atomic E-state index is 5.43. The summed E-state index contributed by atoms with van der Waals surface area (Å²) >= 11 is 5.10. The molecular weight excluding hydrogens is 400 g/mol. The van der Waals surface area contributed by atoms with Crippen LogP contribution in [0.1, 0.15) is 5.56 Å². The SMILES string of the molecule is COc1ccc(-c2ccc(SCc3ccc(Br)cc3)nn2)c(OC)c1. The average molecular weight is 417 g/mol. The van der Waals surface area contributed by atoms with Gasteiger partial charge in [0.15, 0.2) is 0 Å². The Morgan fingerprint density at radius 1 is 0.920 bits per heavy atom. The number of methoxy groups -OCH3 is 2. The lowest BCUT2D eigenvalue weighted by Crippen LogP contribution is -1.94. The third kappa shape index (κ3) is 4.52. The number of thioether (sulfide) groups is 1. The molecule has 1 heterocycles. The summed E-state index contributed by atoms with van der Waals surface area (Å²) in [5, 5.41) is 9.55. The second kappa shape index (κ2) is 8.36. The summed E-state index contributed by atoms with van der Waals surface area (Å²) in [4.78, 5) is 0. The smallest absolute Gasteiger partial charge is 0.132 e. The van der Waals surface area contributed by atoms with Crippen LogP contribution in [0.2, 0.25) is 0 Å². The molecule has 0 unspecified atom stereocenters. The summed E-state index contributed by atoms with van der Waals surface area (Å²) in [7, 11) is 3.26. The van der Waals surface area contributed by atoms with Crippen LogP contribution in [0.4, 0.5) is 0 Å². The third-order valence-corrected chi connectivity index (χ3v) is 5.14. The van der Waals surface area contributed by atoms with Crippen LogP contribution in [-0.4, -0.2) is 24.4 Å². The summed E-state index contributed by atoms with van der Waals surface area (Å²) in [6, 6.07) is 17.9. The Bertz CT molecular complexity index is 839. The van der Waals surface area contributed by atoms with Crippen molar-refractivity contribution in [2.75, 3.05) is 14.2 Å². The van der Waals surface area contributed by atoms with Crippen LogP contribution in [0, 0.1) is 0 Å². The van der Waals surface area contributed by atoms with Crippen LogP contribution in [0.15, 0.2) is 64.1 Å². The van der Waals surface area contributed by atoms with Crippen molar-refractivity contribution in [2.45, 2.75) is 10.8 Å². The molecule has 0 atom stereocenters. The highest BCUT2D eigenvalue weighted by atomic mass is 79.9. The summed E-state index contributed by atoms with van der Waals surface area (Å²) in [5.41, 5.74) is 2.91. The fraction of sp³-hybridized carbons (Fsp3) is 0.158. The van der Waals surface area contributed by atoms with Crippen molar-refractivity contribution in [2.24, 2.45) is 0 Å². The van der Waals surface area contributed by atoms with Crippen molar-refractivity contribution < 1.29 is 9.47 Å². The topological polar surface area (TPSA) is 44.2 Å². The predicted octanol–water partition coefficient (Wildman–Crippen LogP) is 5.22. The van der Waals surface area contributed by atoms with Crippen molar-refractivity contribution in [3.8, 4) is 22.8 Å². The predicted molar refractivity (Wildman–Crippen MR) is 104 cm³/mol. The van der Waals surface area contributed by atoms with E-state index in [-0.39, 0.29) is 0 Å². The van der Waals surface area contributed by atoms with E-state index in [1.165, 1.54) is 5.56 Å². The largest absolute Gasteiger partial charge is 0.497 e. The second-order valence-electron chi connectivity index (χ2n) is 5.24. The molecule has 25 heavy (non-hydrogen) atoms. The lowest BCUT2D eigenvalue weighted by molar-refractivity contribution is 0.395. The molecule has 0 amide bonds. The normalized spacial score (nSPS) is 10.5. The zero-order chi connectivity index (χ0) is 17.6. The fourth-order valence-corrected chi connectivity index (χ4v) is 3.32. The Kier molecular flexibility index (Phi) is 5.94. The highest BCUT2D eigenvalue weighted by Gasteiger charge is 2.10. The molecule has 2 aromatic carbocycles. The zero-order valence-corrected chi connectivity index (χ0v) is 16.3. The minimum absolute atomic E-state index is 0.712. The standard InChI is InChI=1S/C19H17BrN2O2S/c1-23-15-7-8-16(18(11-15)24-2)17-9-10-19(22-21-17)25-12-13-3-5-14(20)6-4-13/h3-11H,12H2,1-2H3. The van der Waals surface area contributed by atoms with E-state index in [2.05, 4.69) is 38.3 Å². The molecule has 3 rings (SSSR count). The number of ether oxygens (including phenoxy) is 2. The first-order valence-corrected chi connectivity index (χ1v) is 9.41. The lowest BCUT2D eigenvalue weighted by atomic mass is 10.1. The van der Waals surface area contributed by atoms with Crippen LogP contribution in [0.25, 0.3) is 11.3 Å². The first kappa shape index (κ1) is 17.8. The monoisotopic (exact) mass is 416 g/mol. The molecule has 4 nitrogen and oxygen atoms in total. The van der Waals surface area contributed by atoms with Crippen molar-refractivity contribution in [3.63, 3.8) is 0 Å². The third-order valence-electron chi connectivity index (χ3n) is 3.62. The van der Waals surface area contributed by atoms with Crippen LogP contribution in [0.3, 0.4) is 0 Å². The molecule has 0 radical (unpaired) electrons. The minimum atomic E-state index is 0.712. The first-order valence-electron chi connectivity index (χ1n) is 7.63. The van der Waals surface area contributed by atoms with E-state index in [0.717, 1.165) is 32.3 Å². The molecule has 3 aromatic rings. The van der Waals surface area contributed by atoms with Gasteiger partial charge < -0.3 is 9.47 Å². The van der Waals surface area contributed by atoms with Gasteiger partial charge in [0, 0.05) is 21.9 Å². The zero-order valence-electron chi connectivity index (χ0n) is 13.9. The van der Waals surface area contributed by atoms with E-state index in [4.69, 9.17) is 9.47 Å². The molecule has 0 saturated carbocycles. The van der Waals surface area contributed by atoms with Gasteiger partial charge in [0.2, 0.25) is 0 Å². The summed E-state index contributed by atoms with van der Waals surface area (Å²) in [6.45, 7) is 0. The number of aromatic nitrogens is 2. The molecule has 0 N–H and O–H groups in total. The Morgan fingerprint density at radius 3 is 2.36 bits per heavy atom. The Labute approximate surface area is 159 Å². The van der Waals surface area contributed by atoms with Gasteiger partial charge in [-0.05, 0) is 42.0 Å². The van der Waals surface area contributed by atoms with E-state index in [1.54, 1.807) is 26.0 Å². The van der Waals surface area contributed by atoms with Gasteiger partial charge >= 0.3 is 0 Å². The molecule has 0 fully saturated rings. The van der Waals surface area contributed by atoms with Crippen LogP contribution >= 0.6 is 27.7 Å². The first-order chi connectivity index (χ1) is 12.2. The van der Waals surface area contributed by atoms with Crippen LogP contribution in [-0.2, 0) is 5.75 Å². The molecule has 1 aromatic heterocycles. The van der Waals surface area contributed by atoms with E-state index >= 15 is 0 Å². The molecule has 128 valence electrons. The van der Waals surface area contributed by atoms with Gasteiger partial charge in [-0.15, -0.1) is 10.2 Å². The van der Waals surface area contributed by atoms with Gasteiger partial charge in [0.25, 0.3) is 0 Å². The number of hydrogen-bond acceptors (Lipinski definition) is 5. The molecule has 0 aliphatic heterocycles. The van der Waals surface area contributed by atoms with Crippen molar-refractivity contribution in [1.82, 2.24) is 10.2 Å². The van der Waals surface area contributed by atoms with Crippen molar-refractivity contribution >= 4 is 27.7 Å². The maximum atomic E-state index is 5.43. The number of rotatable bonds is 6. The highest BCUT2D eigenvalue weighted by molar-refractivity contribution is 9.10. The van der Waals surface area contributed by atoms with E-state index in [9.17, 15) is 0 Å². The van der Waals surface area contributed by atoms with E-state index in [0.29, 0.717) is 5.75 Å². The van der Waals surface area contributed by atoms with Crippen molar-refractivity contribution in [1.29, 1.82) is 0 Å². The molecule has 6 heteroatoms. The summed E-state index contributed by atoms with van der Waals surface area (Å²) in [6.07, 6.45) is 0. The maximum Gasteiger partial charge on any atom is 0.132 e. The van der Waals surface area contributed by atoms with E-state index in [1.807, 2.05) is 42.5 Å². The van der Waals surface area contributed by atoms with Crippen LogP contribution in [0.5, 0.6) is 11.5 Å². The average Bonchev–Trinajstić information content (AvgIpc) is 2.67. The molecule has 0 bridgehead atoms. The number of halogens is 1. The van der Waals surface area contributed by atoms with Crippen LogP contribution < -0.4 is 9.47 Å². The summed E-state index contributed by atoms with van der Waals surface area (Å²) < 4.78 is 11.7. The van der Waals surface area contributed by atoms with Gasteiger partial charge in [-0.3, -0.25) is 0 Å². The Morgan fingerprint density at radius 2 is 1.72 bits per heavy atom. The molecule has 0 saturated heterocycles. The molecular formula is C19H17BrN2O2S. The fourth-order valence-electron chi connectivity index (χ4n) is 2.29. The van der Waals surface area contributed by atoms with Crippen molar-refractivity contribution in [3.05, 3.63) is 64.6 Å². The molecule has 0 aliphatic carbocycles. The van der Waals surface area contributed by atoms with E-state index < -0.39 is 0 Å². The lowest BCUT2D eigenvalue weighted by Gasteiger charge is -2.09. The number of hydrogen-bond donors (Lipinski definition) is 0. The number of benzene rings is 2.